The number of hydroxylamine groups is 2. The van der Waals surface area contributed by atoms with Crippen molar-refractivity contribution in [2.75, 3.05) is 39.4 Å². The van der Waals surface area contributed by atoms with Crippen molar-refractivity contribution < 1.29 is 33.4 Å². The summed E-state index contributed by atoms with van der Waals surface area (Å²) in [6, 6.07) is 18.7. The highest BCUT2D eigenvalue weighted by atomic mass is 16.8. The van der Waals surface area contributed by atoms with E-state index < -0.39 is 0 Å². The maximum absolute atomic E-state index is 11.7. The summed E-state index contributed by atoms with van der Waals surface area (Å²) >= 11 is 0. The Kier molecular flexibility index (Phi) is 7.69. The van der Waals surface area contributed by atoms with E-state index in [1.54, 1.807) is 0 Å². The molecule has 0 spiro atoms. The molecule has 5 rings (SSSR count). The maximum Gasteiger partial charge on any atom is 0.254 e. The minimum atomic E-state index is -0.313. The van der Waals surface area contributed by atoms with Crippen molar-refractivity contribution in [1.82, 2.24) is 5.06 Å². The number of anilines is 1. The van der Waals surface area contributed by atoms with E-state index in [1.807, 2.05) is 25.2 Å². The molecular formula is C29H34N4O5+2. The number of likely N-dealkylation sites (N-methyl/N-ethyl adjacent to an activating group) is 1. The number of carbonyl (C=O) groups is 2. The number of imide groups is 1. The van der Waals surface area contributed by atoms with Crippen molar-refractivity contribution >= 4 is 34.5 Å². The summed E-state index contributed by atoms with van der Waals surface area (Å²) in [6.07, 6.45) is 5.47. The fourth-order valence-corrected chi connectivity index (χ4v) is 4.82. The number of nitrogens with one attached hydrogen (secondary N) is 1. The monoisotopic (exact) mass is 518 g/mol. The number of hydrogen-bond acceptors (Lipinski definition) is 6. The zero-order valence-electron chi connectivity index (χ0n) is 22.1. The number of hydrogen-bond donors (Lipinski definition) is 1. The van der Waals surface area contributed by atoms with Crippen molar-refractivity contribution in [3.63, 3.8) is 0 Å². The zero-order chi connectivity index (χ0) is 26.6. The molecule has 0 radical (unpaired) electrons. The molecule has 0 aliphatic carbocycles. The van der Waals surface area contributed by atoms with Crippen LogP contribution >= 0.6 is 0 Å². The van der Waals surface area contributed by atoms with E-state index in [0.29, 0.717) is 6.61 Å². The molecule has 9 heteroatoms. The third kappa shape index (κ3) is 5.40. The first-order valence-electron chi connectivity index (χ1n) is 12.9. The molecule has 0 saturated carbocycles. The van der Waals surface area contributed by atoms with Crippen molar-refractivity contribution in [1.29, 1.82) is 0 Å². The standard InChI is InChI=1S/C29H33N4O5/c1-30(2)22(19-36-20-37-33-27(34)12-13-28(33)35)15-17-32-16-14-21(23-8-4-5-9-24(23)32)18-29-31(3)25-10-6-7-11-26(25)38-29/h4-11,14,16,18,22H,12-13,15,17,19-20H2,1-3H3/q+1/p+1. The first-order valence-corrected chi connectivity index (χ1v) is 12.9. The van der Waals surface area contributed by atoms with Crippen molar-refractivity contribution in [2.45, 2.75) is 31.8 Å². The molecule has 3 heterocycles. The van der Waals surface area contributed by atoms with Crippen LogP contribution in [0, 0.1) is 0 Å². The summed E-state index contributed by atoms with van der Waals surface area (Å²) in [4.78, 5) is 31.9. The smallest absolute Gasteiger partial charge is 0.254 e. The van der Waals surface area contributed by atoms with Crippen LogP contribution in [0.2, 0.25) is 0 Å². The Labute approximate surface area is 222 Å². The van der Waals surface area contributed by atoms with Gasteiger partial charge in [-0.25, -0.2) is 4.84 Å². The van der Waals surface area contributed by atoms with E-state index in [4.69, 9.17) is 14.3 Å². The molecule has 0 bridgehead atoms. The summed E-state index contributed by atoms with van der Waals surface area (Å²) in [5, 5.41) is 1.97. The molecule has 2 aliphatic rings. The Hall–Kier alpha value is -3.79. The molecule has 1 N–H and O–H groups in total. The van der Waals surface area contributed by atoms with E-state index in [0.717, 1.165) is 51.8 Å². The van der Waals surface area contributed by atoms with E-state index in [2.05, 4.69) is 72.2 Å². The lowest BCUT2D eigenvalue weighted by atomic mass is 10.1. The van der Waals surface area contributed by atoms with Crippen LogP contribution < -0.4 is 19.1 Å². The Bertz CT molecular complexity index is 1360. The molecule has 1 aromatic heterocycles. The SMILES string of the molecule is CN1/C(=C/c2cc[n+](CCC(COCON3C(=O)CCC3=O)[NH+](C)C)c3ccccc23)Oc2ccccc21. The highest BCUT2D eigenvalue weighted by molar-refractivity contribution is 6.00. The molecule has 1 unspecified atom stereocenters. The van der Waals surface area contributed by atoms with Crippen molar-refractivity contribution in [3.05, 3.63) is 72.2 Å². The predicted octanol–water partition coefficient (Wildman–Crippen LogP) is 1.91. The second-order valence-corrected chi connectivity index (χ2v) is 9.86. The van der Waals surface area contributed by atoms with E-state index in [1.165, 1.54) is 4.90 Å². The maximum atomic E-state index is 11.7. The fraction of sp³-hybridized carbons (Fsp3) is 0.345. The summed E-state index contributed by atoms with van der Waals surface area (Å²) < 4.78 is 14.1. The van der Waals surface area contributed by atoms with Crippen LogP contribution in [0.3, 0.4) is 0 Å². The largest absolute Gasteiger partial charge is 0.439 e. The second kappa shape index (κ2) is 11.3. The van der Waals surface area contributed by atoms with Gasteiger partial charge in [-0.3, -0.25) is 9.59 Å². The number of nitrogens with zero attached hydrogens (tertiary/aromatic N) is 3. The zero-order valence-corrected chi connectivity index (χ0v) is 22.1. The highest BCUT2D eigenvalue weighted by Crippen LogP contribution is 2.38. The van der Waals surface area contributed by atoms with Crippen LogP contribution in [-0.4, -0.2) is 57.5 Å². The minimum Gasteiger partial charge on any atom is -0.439 e. The second-order valence-electron chi connectivity index (χ2n) is 9.86. The lowest BCUT2D eigenvalue weighted by Gasteiger charge is -2.21. The van der Waals surface area contributed by atoms with Gasteiger partial charge < -0.3 is 19.3 Å². The van der Waals surface area contributed by atoms with Gasteiger partial charge in [0, 0.05) is 38.1 Å². The quantitative estimate of drug-likeness (QED) is 0.191. The summed E-state index contributed by atoms with van der Waals surface area (Å²) in [6.45, 7) is 1.13. The van der Waals surface area contributed by atoms with E-state index >= 15 is 0 Å². The van der Waals surface area contributed by atoms with Crippen molar-refractivity contribution in [2.24, 2.45) is 0 Å². The van der Waals surface area contributed by atoms with Gasteiger partial charge in [-0.15, -0.1) is 0 Å². The van der Waals surface area contributed by atoms with Gasteiger partial charge in [0.15, 0.2) is 25.3 Å². The Balaban J connectivity index is 1.25. The minimum absolute atomic E-state index is 0.124. The summed E-state index contributed by atoms with van der Waals surface area (Å²) in [5.41, 5.74) is 3.29. The molecule has 1 fully saturated rings. The topological polar surface area (TPSA) is 76.6 Å². The van der Waals surface area contributed by atoms with Crippen LogP contribution in [0.1, 0.15) is 24.8 Å². The lowest BCUT2D eigenvalue weighted by Crippen LogP contribution is -3.10. The molecular weight excluding hydrogens is 484 g/mol. The van der Waals surface area contributed by atoms with Gasteiger partial charge in [-0.05, 0) is 23.8 Å². The lowest BCUT2D eigenvalue weighted by molar-refractivity contribution is -0.889. The molecule has 1 atom stereocenters. The Morgan fingerprint density at radius 3 is 2.55 bits per heavy atom. The average molecular weight is 519 g/mol. The number of ether oxygens (including phenoxy) is 2. The molecule has 3 aromatic rings. The number of fused-ring (bicyclic) bond motifs is 2. The number of rotatable bonds is 10. The first-order chi connectivity index (χ1) is 18.4. The molecule has 38 heavy (non-hydrogen) atoms. The van der Waals surface area contributed by atoms with Gasteiger partial charge in [0.05, 0.1) is 31.6 Å². The number of para-hydroxylation sites is 3. The average Bonchev–Trinajstić information content (AvgIpc) is 3.41. The molecule has 1 saturated heterocycles. The number of aryl methyl sites for hydroxylation is 1. The number of amides is 2. The molecule has 2 amide bonds. The number of pyridine rings is 1. The van der Waals surface area contributed by atoms with Crippen LogP contribution in [0.5, 0.6) is 5.75 Å². The van der Waals surface area contributed by atoms with Crippen LogP contribution in [0.15, 0.2) is 66.7 Å². The van der Waals surface area contributed by atoms with Gasteiger partial charge in [0.25, 0.3) is 11.8 Å². The summed E-state index contributed by atoms with van der Waals surface area (Å²) in [5.74, 6) is 1.03. The number of benzene rings is 2. The van der Waals surface area contributed by atoms with Gasteiger partial charge in [0.2, 0.25) is 11.4 Å². The molecule has 198 valence electrons. The van der Waals surface area contributed by atoms with Gasteiger partial charge in [0.1, 0.15) is 12.6 Å². The van der Waals surface area contributed by atoms with Crippen molar-refractivity contribution in [3.8, 4) is 5.75 Å². The van der Waals surface area contributed by atoms with Crippen LogP contribution in [-0.2, 0) is 25.7 Å². The van der Waals surface area contributed by atoms with E-state index in [9.17, 15) is 9.59 Å². The third-order valence-corrected chi connectivity index (χ3v) is 7.13. The van der Waals surface area contributed by atoms with Gasteiger partial charge >= 0.3 is 0 Å². The molecule has 2 aromatic carbocycles. The first kappa shape index (κ1) is 25.8. The highest BCUT2D eigenvalue weighted by Gasteiger charge is 2.30. The van der Waals surface area contributed by atoms with Crippen LogP contribution in [0.25, 0.3) is 17.0 Å². The van der Waals surface area contributed by atoms with Crippen LogP contribution in [0.4, 0.5) is 5.69 Å². The fourth-order valence-electron chi connectivity index (χ4n) is 4.82. The number of aromatic nitrogens is 1. The predicted molar refractivity (Wildman–Crippen MR) is 142 cm³/mol. The number of quaternary nitrogens is 1. The van der Waals surface area contributed by atoms with Gasteiger partial charge in [-0.1, -0.05) is 24.3 Å². The molecule has 9 nitrogen and oxygen atoms in total. The normalized spacial score (nSPS) is 17.1. The third-order valence-electron chi connectivity index (χ3n) is 7.13. The van der Waals surface area contributed by atoms with E-state index in [-0.39, 0.29) is 37.5 Å². The summed E-state index contributed by atoms with van der Waals surface area (Å²) in [7, 11) is 6.20. The number of carbonyl (C=O) groups excluding carboxylic acids is 2. The molecule has 2 aliphatic heterocycles. The van der Waals surface area contributed by atoms with Gasteiger partial charge in [-0.2, -0.15) is 9.63 Å². The Morgan fingerprint density at radius 1 is 1.05 bits per heavy atom. The Morgan fingerprint density at radius 2 is 1.79 bits per heavy atom.